The lowest BCUT2D eigenvalue weighted by Gasteiger charge is -2.36. The second-order valence-corrected chi connectivity index (χ2v) is 5.11. The largest absolute Gasteiger partial charge is 0.369 e. The number of nitrogens with zero attached hydrogens (tertiary/aromatic N) is 1. The Kier molecular flexibility index (Phi) is 4.13. The highest BCUT2D eigenvalue weighted by Gasteiger charge is 2.31. The van der Waals surface area contributed by atoms with E-state index in [4.69, 9.17) is 10.5 Å². The molecule has 0 saturated heterocycles. The van der Waals surface area contributed by atoms with Crippen molar-refractivity contribution < 1.29 is 4.74 Å². The zero-order chi connectivity index (χ0) is 12.1. The molecule has 0 atom stereocenters. The highest BCUT2D eigenvalue weighted by atomic mass is 16.5. The Morgan fingerprint density at radius 1 is 1.29 bits per heavy atom. The van der Waals surface area contributed by atoms with Crippen LogP contribution in [0.25, 0.3) is 0 Å². The summed E-state index contributed by atoms with van der Waals surface area (Å²) in [6, 6.07) is 2.13. The Hall–Kier alpha value is -0.930. The SMILES string of the molecule is Cc1cncc(COC2(CN)CCCCC2)c1. The minimum absolute atomic E-state index is 0.0814. The summed E-state index contributed by atoms with van der Waals surface area (Å²) in [6.07, 6.45) is 9.73. The minimum Gasteiger partial charge on any atom is -0.369 e. The Bertz CT molecular complexity index is 359. The van der Waals surface area contributed by atoms with E-state index < -0.39 is 0 Å². The lowest BCUT2D eigenvalue weighted by molar-refractivity contribution is -0.0734. The molecule has 1 saturated carbocycles. The molecule has 94 valence electrons. The normalized spacial score (nSPS) is 19.2. The first-order valence-corrected chi connectivity index (χ1v) is 6.49. The maximum absolute atomic E-state index is 6.10. The predicted molar refractivity (Wildman–Crippen MR) is 68.6 cm³/mol. The maximum Gasteiger partial charge on any atom is 0.0808 e. The number of hydrogen-bond acceptors (Lipinski definition) is 3. The van der Waals surface area contributed by atoms with Gasteiger partial charge in [0.25, 0.3) is 0 Å². The fourth-order valence-corrected chi connectivity index (χ4v) is 2.54. The molecule has 1 aliphatic rings. The van der Waals surface area contributed by atoms with Crippen LogP contribution in [0.1, 0.15) is 43.2 Å². The number of nitrogens with two attached hydrogens (primary N) is 1. The summed E-state index contributed by atoms with van der Waals surface area (Å²) < 4.78 is 6.10. The van der Waals surface area contributed by atoms with Crippen LogP contribution < -0.4 is 5.73 Å². The summed E-state index contributed by atoms with van der Waals surface area (Å²) in [6.45, 7) is 3.31. The number of aryl methyl sites for hydroxylation is 1. The fourth-order valence-electron chi connectivity index (χ4n) is 2.54. The van der Waals surface area contributed by atoms with E-state index in [9.17, 15) is 0 Å². The summed E-state index contributed by atoms with van der Waals surface area (Å²) >= 11 is 0. The Labute approximate surface area is 103 Å². The molecular weight excluding hydrogens is 212 g/mol. The van der Waals surface area contributed by atoms with Crippen molar-refractivity contribution in [2.45, 2.75) is 51.2 Å². The molecule has 1 aromatic rings. The van der Waals surface area contributed by atoms with Gasteiger partial charge in [0.2, 0.25) is 0 Å². The average Bonchev–Trinajstić information content (AvgIpc) is 2.38. The molecule has 3 nitrogen and oxygen atoms in total. The molecule has 0 radical (unpaired) electrons. The minimum atomic E-state index is -0.0814. The first kappa shape index (κ1) is 12.5. The fraction of sp³-hybridized carbons (Fsp3) is 0.643. The monoisotopic (exact) mass is 234 g/mol. The van der Waals surface area contributed by atoms with E-state index in [2.05, 4.69) is 18.0 Å². The summed E-state index contributed by atoms with van der Waals surface area (Å²) in [5.74, 6) is 0. The first-order chi connectivity index (χ1) is 8.24. The molecule has 3 heteroatoms. The van der Waals surface area contributed by atoms with Crippen molar-refractivity contribution in [3.05, 3.63) is 29.6 Å². The van der Waals surface area contributed by atoms with Gasteiger partial charge in [-0.15, -0.1) is 0 Å². The van der Waals surface area contributed by atoms with Gasteiger partial charge in [0.15, 0.2) is 0 Å². The van der Waals surface area contributed by atoms with Crippen LogP contribution >= 0.6 is 0 Å². The van der Waals surface area contributed by atoms with Gasteiger partial charge in [0.1, 0.15) is 0 Å². The first-order valence-electron chi connectivity index (χ1n) is 6.49. The molecule has 1 fully saturated rings. The summed E-state index contributed by atoms with van der Waals surface area (Å²) in [5, 5.41) is 0. The Morgan fingerprint density at radius 2 is 2.06 bits per heavy atom. The quantitative estimate of drug-likeness (QED) is 0.871. The zero-order valence-electron chi connectivity index (χ0n) is 10.6. The molecular formula is C14H22N2O. The second-order valence-electron chi connectivity index (χ2n) is 5.11. The highest BCUT2D eigenvalue weighted by Crippen LogP contribution is 2.31. The van der Waals surface area contributed by atoms with Crippen molar-refractivity contribution in [2.24, 2.45) is 5.73 Å². The van der Waals surface area contributed by atoms with Crippen LogP contribution in [-0.4, -0.2) is 17.1 Å². The van der Waals surface area contributed by atoms with Crippen molar-refractivity contribution in [3.8, 4) is 0 Å². The lowest BCUT2D eigenvalue weighted by Crippen LogP contribution is -2.42. The zero-order valence-corrected chi connectivity index (χ0v) is 10.6. The van der Waals surface area contributed by atoms with Crippen molar-refractivity contribution in [2.75, 3.05) is 6.54 Å². The average molecular weight is 234 g/mol. The van der Waals surface area contributed by atoms with Gasteiger partial charge in [-0.3, -0.25) is 4.98 Å². The van der Waals surface area contributed by atoms with E-state index in [0.29, 0.717) is 13.2 Å². The van der Waals surface area contributed by atoms with E-state index in [1.165, 1.54) is 24.8 Å². The number of rotatable bonds is 4. The number of aromatic nitrogens is 1. The van der Waals surface area contributed by atoms with Crippen molar-refractivity contribution in [1.29, 1.82) is 0 Å². The van der Waals surface area contributed by atoms with Crippen LogP contribution in [0.5, 0.6) is 0 Å². The number of hydrogen-bond donors (Lipinski definition) is 1. The van der Waals surface area contributed by atoms with E-state index in [1.54, 1.807) is 0 Å². The highest BCUT2D eigenvalue weighted by molar-refractivity contribution is 5.15. The van der Waals surface area contributed by atoms with E-state index in [1.807, 2.05) is 12.4 Å². The number of pyridine rings is 1. The molecule has 1 aliphatic carbocycles. The van der Waals surface area contributed by atoms with Crippen molar-refractivity contribution >= 4 is 0 Å². The molecule has 0 bridgehead atoms. The van der Waals surface area contributed by atoms with E-state index in [-0.39, 0.29) is 5.60 Å². The van der Waals surface area contributed by atoms with Crippen LogP contribution in [-0.2, 0) is 11.3 Å². The molecule has 2 rings (SSSR count). The Balaban J connectivity index is 1.95. The smallest absolute Gasteiger partial charge is 0.0808 e. The van der Waals surface area contributed by atoms with Crippen LogP contribution in [0.15, 0.2) is 18.5 Å². The van der Waals surface area contributed by atoms with E-state index in [0.717, 1.165) is 18.4 Å². The summed E-state index contributed by atoms with van der Waals surface area (Å²) in [5.41, 5.74) is 8.13. The second kappa shape index (κ2) is 5.61. The van der Waals surface area contributed by atoms with Gasteiger partial charge in [-0.25, -0.2) is 0 Å². The topological polar surface area (TPSA) is 48.1 Å². The Morgan fingerprint density at radius 3 is 2.71 bits per heavy atom. The third-order valence-corrected chi connectivity index (χ3v) is 3.61. The van der Waals surface area contributed by atoms with Gasteiger partial charge in [-0.1, -0.05) is 25.3 Å². The molecule has 0 aromatic carbocycles. The molecule has 0 unspecified atom stereocenters. The van der Waals surface area contributed by atoms with Crippen LogP contribution in [0.3, 0.4) is 0 Å². The van der Waals surface area contributed by atoms with E-state index >= 15 is 0 Å². The van der Waals surface area contributed by atoms with Gasteiger partial charge in [-0.2, -0.15) is 0 Å². The van der Waals surface area contributed by atoms with Crippen LogP contribution in [0.4, 0.5) is 0 Å². The third kappa shape index (κ3) is 3.27. The van der Waals surface area contributed by atoms with Gasteiger partial charge in [-0.05, 0) is 30.9 Å². The number of ether oxygens (including phenoxy) is 1. The molecule has 1 aromatic heterocycles. The molecule has 0 amide bonds. The van der Waals surface area contributed by atoms with Crippen molar-refractivity contribution in [3.63, 3.8) is 0 Å². The summed E-state index contributed by atoms with van der Waals surface area (Å²) in [4.78, 5) is 4.19. The lowest BCUT2D eigenvalue weighted by atomic mass is 9.84. The van der Waals surface area contributed by atoms with Crippen molar-refractivity contribution in [1.82, 2.24) is 4.98 Å². The van der Waals surface area contributed by atoms with Gasteiger partial charge < -0.3 is 10.5 Å². The molecule has 17 heavy (non-hydrogen) atoms. The third-order valence-electron chi connectivity index (χ3n) is 3.61. The molecule has 1 heterocycles. The van der Waals surface area contributed by atoms with Gasteiger partial charge in [0, 0.05) is 18.9 Å². The van der Waals surface area contributed by atoms with Gasteiger partial charge in [0.05, 0.1) is 12.2 Å². The van der Waals surface area contributed by atoms with Crippen LogP contribution in [0, 0.1) is 6.92 Å². The van der Waals surface area contributed by atoms with Crippen LogP contribution in [0.2, 0.25) is 0 Å². The standard InChI is InChI=1S/C14H22N2O/c1-12-7-13(9-16-8-12)10-17-14(11-15)5-3-2-4-6-14/h7-9H,2-6,10-11,15H2,1H3. The summed E-state index contributed by atoms with van der Waals surface area (Å²) in [7, 11) is 0. The molecule has 0 spiro atoms. The molecule has 0 aliphatic heterocycles. The molecule has 2 N–H and O–H groups in total. The maximum atomic E-state index is 6.10. The van der Waals surface area contributed by atoms with Gasteiger partial charge >= 0.3 is 0 Å². The predicted octanol–water partition coefficient (Wildman–Crippen LogP) is 2.57.